The topological polar surface area (TPSA) is 85.4 Å². The molecule has 0 saturated carbocycles. The first kappa shape index (κ1) is 28.5. The van der Waals surface area contributed by atoms with E-state index in [2.05, 4.69) is 0 Å². The number of amides is 2. The van der Waals surface area contributed by atoms with Gasteiger partial charge in [0.05, 0.1) is 21.3 Å². The molecule has 0 radical (unpaired) electrons. The summed E-state index contributed by atoms with van der Waals surface area (Å²) in [4.78, 5) is 41.8. The first-order valence-electron chi connectivity index (χ1n) is 12.1. The molecule has 0 aliphatic rings. The third-order valence-electron chi connectivity index (χ3n) is 5.95. The number of halogens is 1. The highest BCUT2D eigenvalue weighted by molar-refractivity contribution is 6.30. The van der Waals surface area contributed by atoms with E-state index in [0.29, 0.717) is 46.4 Å². The van der Waals surface area contributed by atoms with Crippen LogP contribution in [0.4, 0.5) is 11.4 Å². The van der Waals surface area contributed by atoms with Gasteiger partial charge in [0, 0.05) is 47.9 Å². The van der Waals surface area contributed by atoms with E-state index in [9.17, 15) is 14.4 Å². The number of nitrogens with zero attached hydrogens (tertiary/aromatic N) is 2. The average Bonchev–Trinajstić information content (AvgIpc) is 2.95. The van der Waals surface area contributed by atoms with E-state index in [0.717, 1.165) is 0 Å². The van der Waals surface area contributed by atoms with Crippen LogP contribution in [0, 0.1) is 0 Å². The molecule has 2 amide bonds. The fourth-order valence-electron chi connectivity index (χ4n) is 3.84. The summed E-state index contributed by atoms with van der Waals surface area (Å²) in [5, 5.41) is 0.523. The molecule has 0 heterocycles. The Balaban J connectivity index is 1.83. The zero-order chi connectivity index (χ0) is 27.5. The second-order valence-electron chi connectivity index (χ2n) is 8.33. The van der Waals surface area contributed by atoms with Gasteiger partial charge < -0.3 is 24.0 Å². The third-order valence-corrected chi connectivity index (χ3v) is 6.20. The Labute approximate surface area is 227 Å². The van der Waals surface area contributed by atoms with Gasteiger partial charge in [0.1, 0.15) is 11.5 Å². The Bertz CT molecular complexity index is 1210. The number of ether oxygens (including phenoxy) is 3. The van der Waals surface area contributed by atoms with Crippen molar-refractivity contribution in [3.05, 3.63) is 83.4 Å². The maximum Gasteiger partial charge on any atom is 0.305 e. The van der Waals surface area contributed by atoms with Crippen LogP contribution in [0.3, 0.4) is 0 Å². The molecule has 3 rings (SSSR count). The zero-order valence-electron chi connectivity index (χ0n) is 21.7. The Morgan fingerprint density at radius 2 is 1.21 bits per heavy atom. The number of methoxy groups -OCH3 is 3. The molecule has 0 fully saturated rings. The van der Waals surface area contributed by atoms with Crippen molar-refractivity contribution in [3.63, 3.8) is 0 Å². The lowest BCUT2D eigenvalue weighted by molar-refractivity contribution is -0.140. The smallest absolute Gasteiger partial charge is 0.305 e. The molecule has 0 aromatic heterocycles. The number of rotatable bonds is 12. The van der Waals surface area contributed by atoms with Crippen molar-refractivity contribution >= 4 is 40.8 Å². The van der Waals surface area contributed by atoms with E-state index in [-0.39, 0.29) is 37.2 Å². The highest BCUT2D eigenvalue weighted by atomic mass is 35.5. The second kappa shape index (κ2) is 14.0. The highest BCUT2D eigenvalue weighted by Gasteiger charge is 2.22. The van der Waals surface area contributed by atoms with Gasteiger partial charge in [0.25, 0.3) is 5.91 Å². The minimum Gasteiger partial charge on any atom is -0.497 e. The van der Waals surface area contributed by atoms with E-state index in [1.165, 1.54) is 7.11 Å². The van der Waals surface area contributed by atoms with Gasteiger partial charge in [-0.2, -0.15) is 0 Å². The van der Waals surface area contributed by atoms with Crippen molar-refractivity contribution in [1.82, 2.24) is 0 Å². The number of carbonyl (C=O) groups is 3. The van der Waals surface area contributed by atoms with Gasteiger partial charge in [-0.15, -0.1) is 0 Å². The van der Waals surface area contributed by atoms with E-state index in [1.807, 2.05) is 0 Å². The van der Waals surface area contributed by atoms with Gasteiger partial charge >= 0.3 is 5.97 Å². The molecule has 0 spiro atoms. The Hall–Kier alpha value is -4.04. The highest BCUT2D eigenvalue weighted by Crippen LogP contribution is 2.24. The number of anilines is 2. The fraction of sp³-hybridized carbons (Fsp3) is 0.276. The molecule has 0 N–H and O–H groups in total. The fourth-order valence-corrected chi connectivity index (χ4v) is 3.97. The van der Waals surface area contributed by atoms with Crippen molar-refractivity contribution < 1.29 is 28.6 Å². The van der Waals surface area contributed by atoms with Crippen LogP contribution >= 0.6 is 11.6 Å². The Morgan fingerprint density at radius 3 is 1.71 bits per heavy atom. The van der Waals surface area contributed by atoms with Gasteiger partial charge in [-0.05, 0) is 79.2 Å². The van der Waals surface area contributed by atoms with Crippen molar-refractivity contribution in [3.8, 4) is 11.5 Å². The molecule has 8 nitrogen and oxygen atoms in total. The number of hydrogen-bond acceptors (Lipinski definition) is 6. The number of hydrogen-bond donors (Lipinski definition) is 0. The summed E-state index contributed by atoms with van der Waals surface area (Å²) >= 11 is 6.01. The van der Waals surface area contributed by atoms with Crippen LogP contribution in [-0.4, -0.2) is 52.2 Å². The summed E-state index contributed by atoms with van der Waals surface area (Å²) in [7, 11) is 4.47. The molecule has 38 heavy (non-hydrogen) atoms. The summed E-state index contributed by atoms with van der Waals surface area (Å²) in [6.07, 6.45) is 0.662. The van der Waals surface area contributed by atoms with Gasteiger partial charge in [0.15, 0.2) is 0 Å². The van der Waals surface area contributed by atoms with Gasteiger partial charge in [-0.3, -0.25) is 14.4 Å². The number of esters is 1. The van der Waals surface area contributed by atoms with Crippen LogP contribution in [-0.2, 0) is 14.3 Å². The molecule has 3 aromatic carbocycles. The van der Waals surface area contributed by atoms with Crippen LogP contribution in [0.1, 0.15) is 29.6 Å². The summed E-state index contributed by atoms with van der Waals surface area (Å²) < 4.78 is 15.2. The van der Waals surface area contributed by atoms with E-state index >= 15 is 0 Å². The van der Waals surface area contributed by atoms with Gasteiger partial charge in [-0.1, -0.05) is 11.6 Å². The van der Waals surface area contributed by atoms with Crippen LogP contribution in [0.2, 0.25) is 5.02 Å². The number of benzene rings is 3. The second-order valence-corrected chi connectivity index (χ2v) is 8.77. The third kappa shape index (κ3) is 7.73. The molecule has 0 unspecified atom stereocenters. The van der Waals surface area contributed by atoms with Gasteiger partial charge in [-0.25, -0.2) is 0 Å². The van der Waals surface area contributed by atoms with Crippen molar-refractivity contribution in [2.75, 3.05) is 44.2 Å². The van der Waals surface area contributed by atoms with Crippen LogP contribution < -0.4 is 19.3 Å². The molecule has 0 aliphatic carbocycles. The molecule has 0 bridgehead atoms. The minimum atomic E-state index is -0.341. The Morgan fingerprint density at radius 1 is 0.684 bits per heavy atom. The molecule has 3 aromatic rings. The van der Waals surface area contributed by atoms with Crippen LogP contribution in [0.5, 0.6) is 11.5 Å². The molecule has 0 aliphatic heterocycles. The lowest BCUT2D eigenvalue weighted by atomic mass is 10.1. The first-order valence-corrected chi connectivity index (χ1v) is 12.5. The molecule has 0 saturated heterocycles. The van der Waals surface area contributed by atoms with Crippen molar-refractivity contribution in [2.24, 2.45) is 0 Å². The maximum absolute atomic E-state index is 13.5. The Kier molecular flexibility index (Phi) is 10.5. The predicted molar refractivity (Wildman–Crippen MR) is 147 cm³/mol. The maximum atomic E-state index is 13.5. The lowest BCUT2D eigenvalue weighted by Crippen LogP contribution is -2.38. The quantitative estimate of drug-likeness (QED) is 0.288. The molecular weight excluding hydrogens is 508 g/mol. The zero-order valence-corrected chi connectivity index (χ0v) is 22.4. The predicted octanol–water partition coefficient (Wildman–Crippen LogP) is 5.38. The largest absolute Gasteiger partial charge is 0.497 e. The van der Waals surface area contributed by atoms with Crippen molar-refractivity contribution in [2.45, 2.75) is 19.3 Å². The van der Waals surface area contributed by atoms with E-state index in [4.69, 9.17) is 25.8 Å². The van der Waals surface area contributed by atoms with E-state index < -0.39 is 0 Å². The number of carbonyl (C=O) groups excluding carboxylic acids is 3. The van der Waals surface area contributed by atoms with Crippen LogP contribution in [0.15, 0.2) is 72.8 Å². The molecule has 9 heteroatoms. The summed E-state index contributed by atoms with van der Waals surface area (Å²) in [5.74, 6) is 0.519. The van der Waals surface area contributed by atoms with Crippen LogP contribution in [0.25, 0.3) is 0 Å². The minimum absolute atomic E-state index is 0.0512. The lowest BCUT2D eigenvalue weighted by Gasteiger charge is -2.27. The molecule has 200 valence electrons. The molecule has 0 atom stereocenters. The normalized spacial score (nSPS) is 10.4. The summed E-state index contributed by atoms with van der Waals surface area (Å²) in [5.41, 5.74) is 1.74. The van der Waals surface area contributed by atoms with Crippen molar-refractivity contribution in [1.29, 1.82) is 0 Å². The van der Waals surface area contributed by atoms with E-state index in [1.54, 1.807) is 96.8 Å². The SMILES string of the molecule is COC(=O)CCCN(C(=O)CCN(C(=O)c1ccc(Cl)cc1)c1ccc(OC)cc1)c1ccc(OC)cc1. The standard InChI is InChI=1S/C29H31ClN2O6/c1-36-25-14-10-23(11-15-25)31(19-4-5-28(34)38-3)27(33)18-20-32(24-12-16-26(37-2)17-13-24)29(35)21-6-8-22(30)9-7-21/h6-17H,4-5,18-20H2,1-3H3. The summed E-state index contributed by atoms with van der Waals surface area (Å²) in [6.45, 7) is 0.449. The first-order chi connectivity index (χ1) is 18.4. The monoisotopic (exact) mass is 538 g/mol. The summed E-state index contributed by atoms with van der Waals surface area (Å²) in [6, 6.07) is 20.8. The average molecular weight is 539 g/mol. The van der Waals surface area contributed by atoms with Gasteiger partial charge in [0.2, 0.25) is 5.91 Å². The molecular formula is C29H31ClN2O6.